The fraction of sp³-hybridized carbons (Fsp3) is 0.0625. The van der Waals surface area contributed by atoms with E-state index < -0.39 is 0 Å². The van der Waals surface area contributed by atoms with Crippen molar-refractivity contribution in [1.82, 2.24) is 4.98 Å². The highest BCUT2D eigenvalue weighted by molar-refractivity contribution is 6.08. The van der Waals surface area contributed by atoms with Crippen molar-refractivity contribution in [3.05, 3.63) is 54.2 Å². The van der Waals surface area contributed by atoms with Gasteiger partial charge in [0.2, 0.25) is 0 Å². The van der Waals surface area contributed by atoms with Gasteiger partial charge in [0.25, 0.3) is 5.91 Å². The number of hydrogen-bond acceptors (Lipinski definition) is 3. The standard InChI is InChI=1S/C16H15N3O2/c1-19(11-5-3-6-12(20)9-11)16(21)14-8-10-4-2-7-13(17)15(10)18-14/h2-9,18,20H,17H2,1H3. The van der Waals surface area contributed by atoms with Gasteiger partial charge in [0.1, 0.15) is 11.4 Å². The van der Waals surface area contributed by atoms with Crippen molar-refractivity contribution in [2.75, 3.05) is 17.7 Å². The zero-order valence-electron chi connectivity index (χ0n) is 11.5. The number of rotatable bonds is 2. The lowest BCUT2D eigenvalue weighted by atomic mass is 10.2. The molecule has 3 rings (SSSR count). The summed E-state index contributed by atoms with van der Waals surface area (Å²) in [6.07, 6.45) is 0. The lowest BCUT2D eigenvalue weighted by Gasteiger charge is -2.16. The zero-order chi connectivity index (χ0) is 15.0. The van der Waals surface area contributed by atoms with Gasteiger partial charge < -0.3 is 20.7 Å². The summed E-state index contributed by atoms with van der Waals surface area (Å²) >= 11 is 0. The first-order valence-electron chi connectivity index (χ1n) is 6.50. The number of phenolic OH excluding ortho intramolecular Hbond substituents is 1. The van der Waals surface area contributed by atoms with Crippen LogP contribution in [0, 0.1) is 0 Å². The van der Waals surface area contributed by atoms with Crippen molar-refractivity contribution in [3.8, 4) is 5.75 Å². The molecule has 1 heterocycles. The van der Waals surface area contributed by atoms with Crippen molar-refractivity contribution in [1.29, 1.82) is 0 Å². The van der Waals surface area contributed by atoms with E-state index in [2.05, 4.69) is 4.98 Å². The first kappa shape index (κ1) is 13.1. The van der Waals surface area contributed by atoms with Gasteiger partial charge in [0.15, 0.2) is 0 Å². The van der Waals surface area contributed by atoms with E-state index in [0.29, 0.717) is 17.1 Å². The molecule has 0 spiro atoms. The Hall–Kier alpha value is -2.95. The molecule has 0 bridgehead atoms. The van der Waals surface area contributed by atoms with Crippen LogP contribution in [-0.4, -0.2) is 23.0 Å². The Labute approximate surface area is 121 Å². The Bertz CT molecular complexity index is 823. The third kappa shape index (κ3) is 2.29. The molecule has 0 saturated carbocycles. The number of nitrogens with zero attached hydrogens (tertiary/aromatic N) is 1. The van der Waals surface area contributed by atoms with Crippen LogP contribution in [0.5, 0.6) is 5.75 Å². The summed E-state index contributed by atoms with van der Waals surface area (Å²) in [6, 6.07) is 13.8. The van der Waals surface area contributed by atoms with E-state index in [4.69, 9.17) is 5.73 Å². The summed E-state index contributed by atoms with van der Waals surface area (Å²) < 4.78 is 0. The molecule has 4 N–H and O–H groups in total. The van der Waals surface area contributed by atoms with Crippen LogP contribution in [0.1, 0.15) is 10.5 Å². The van der Waals surface area contributed by atoms with Crippen LogP contribution < -0.4 is 10.6 Å². The predicted molar refractivity (Wildman–Crippen MR) is 83.6 cm³/mol. The van der Waals surface area contributed by atoms with Crippen LogP contribution in [0.25, 0.3) is 10.9 Å². The fourth-order valence-electron chi connectivity index (χ4n) is 2.29. The largest absolute Gasteiger partial charge is 0.508 e. The first-order chi connectivity index (χ1) is 10.1. The molecule has 0 atom stereocenters. The molecule has 0 unspecified atom stereocenters. The normalized spacial score (nSPS) is 10.7. The second-order valence-corrected chi connectivity index (χ2v) is 4.88. The summed E-state index contributed by atoms with van der Waals surface area (Å²) in [5.74, 6) is -0.0794. The Kier molecular flexibility index (Phi) is 3.02. The molecule has 0 fully saturated rings. The number of phenols is 1. The highest BCUT2D eigenvalue weighted by Crippen LogP contribution is 2.24. The van der Waals surface area contributed by atoms with E-state index in [0.717, 1.165) is 10.9 Å². The number of nitrogen functional groups attached to an aromatic ring is 1. The maximum Gasteiger partial charge on any atom is 0.274 e. The number of carbonyl (C=O) groups excluding carboxylic acids is 1. The average molecular weight is 281 g/mol. The third-order valence-electron chi connectivity index (χ3n) is 3.44. The molecule has 1 amide bonds. The average Bonchev–Trinajstić information content (AvgIpc) is 2.91. The number of benzene rings is 2. The molecule has 106 valence electrons. The minimum Gasteiger partial charge on any atom is -0.508 e. The molecule has 0 aliphatic carbocycles. The monoisotopic (exact) mass is 281 g/mol. The number of para-hydroxylation sites is 1. The number of amides is 1. The van der Waals surface area contributed by atoms with Gasteiger partial charge in [-0.2, -0.15) is 0 Å². The van der Waals surface area contributed by atoms with E-state index in [1.54, 1.807) is 37.4 Å². The molecule has 5 nitrogen and oxygen atoms in total. The molecule has 2 aromatic carbocycles. The summed E-state index contributed by atoms with van der Waals surface area (Å²) in [5, 5.41) is 10.4. The van der Waals surface area contributed by atoms with Gasteiger partial charge in [-0.3, -0.25) is 4.79 Å². The quantitative estimate of drug-likeness (QED) is 0.632. The van der Waals surface area contributed by atoms with Crippen LogP contribution in [0.4, 0.5) is 11.4 Å². The maximum absolute atomic E-state index is 12.5. The van der Waals surface area contributed by atoms with E-state index in [1.807, 2.05) is 12.1 Å². The number of aromatic hydroxyl groups is 1. The van der Waals surface area contributed by atoms with Crippen LogP contribution in [0.3, 0.4) is 0 Å². The Morgan fingerprint density at radius 1 is 1.19 bits per heavy atom. The molecule has 3 aromatic rings. The van der Waals surface area contributed by atoms with E-state index in [1.165, 1.54) is 11.0 Å². The third-order valence-corrected chi connectivity index (χ3v) is 3.44. The molecular weight excluding hydrogens is 266 g/mol. The van der Waals surface area contributed by atoms with Crippen molar-refractivity contribution in [3.63, 3.8) is 0 Å². The second-order valence-electron chi connectivity index (χ2n) is 4.88. The number of fused-ring (bicyclic) bond motifs is 1. The summed E-state index contributed by atoms with van der Waals surface area (Å²) in [5.41, 5.74) is 8.32. The Morgan fingerprint density at radius 3 is 2.67 bits per heavy atom. The molecule has 0 radical (unpaired) electrons. The molecule has 5 heteroatoms. The van der Waals surface area contributed by atoms with Crippen molar-refractivity contribution in [2.24, 2.45) is 0 Å². The van der Waals surface area contributed by atoms with E-state index in [9.17, 15) is 9.90 Å². The van der Waals surface area contributed by atoms with Crippen LogP contribution in [-0.2, 0) is 0 Å². The van der Waals surface area contributed by atoms with Gasteiger partial charge >= 0.3 is 0 Å². The van der Waals surface area contributed by atoms with Crippen molar-refractivity contribution < 1.29 is 9.90 Å². The fourth-order valence-corrected chi connectivity index (χ4v) is 2.29. The number of hydrogen-bond donors (Lipinski definition) is 3. The minimum atomic E-state index is -0.198. The Morgan fingerprint density at radius 2 is 1.95 bits per heavy atom. The van der Waals surface area contributed by atoms with Crippen LogP contribution >= 0.6 is 0 Å². The number of anilines is 2. The molecular formula is C16H15N3O2. The second kappa shape index (κ2) is 4.86. The highest BCUT2D eigenvalue weighted by atomic mass is 16.3. The number of nitrogens with two attached hydrogens (primary N) is 1. The van der Waals surface area contributed by atoms with E-state index >= 15 is 0 Å². The smallest absolute Gasteiger partial charge is 0.274 e. The van der Waals surface area contributed by atoms with Gasteiger partial charge in [0, 0.05) is 24.2 Å². The summed E-state index contributed by atoms with van der Waals surface area (Å²) in [4.78, 5) is 17.0. The maximum atomic E-state index is 12.5. The summed E-state index contributed by atoms with van der Waals surface area (Å²) in [7, 11) is 1.66. The molecule has 1 aromatic heterocycles. The van der Waals surface area contributed by atoms with Gasteiger partial charge in [-0.05, 0) is 24.3 Å². The number of aromatic nitrogens is 1. The predicted octanol–water partition coefficient (Wildman–Crippen LogP) is 2.73. The number of H-pyrrole nitrogens is 1. The minimum absolute atomic E-state index is 0.119. The van der Waals surface area contributed by atoms with Gasteiger partial charge in [-0.15, -0.1) is 0 Å². The lowest BCUT2D eigenvalue weighted by molar-refractivity contribution is 0.0989. The number of nitrogens with one attached hydrogen (secondary N) is 1. The number of aromatic amines is 1. The molecule has 0 aliphatic heterocycles. The van der Waals surface area contributed by atoms with Gasteiger partial charge in [0.05, 0.1) is 11.2 Å². The number of carbonyl (C=O) groups is 1. The van der Waals surface area contributed by atoms with E-state index in [-0.39, 0.29) is 11.7 Å². The van der Waals surface area contributed by atoms with Gasteiger partial charge in [-0.1, -0.05) is 18.2 Å². The first-order valence-corrected chi connectivity index (χ1v) is 6.50. The van der Waals surface area contributed by atoms with Crippen molar-refractivity contribution >= 4 is 28.2 Å². The van der Waals surface area contributed by atoms with Crippen LogP contribution in [0.2, 0.25) is 0 Å². The Balaban J connectivity index is 1.98. The molecule has 0 saturated heterocycles. The molecule has 0 aliphatic rings. The zero-order valence-corrected chi connectivity index (χ0v) is 11.5. The topological polar surface area (TPSA) is 82.3 Å². The van der Waals surface area contributed by atoms with Crippen LogP contribution in [0.15, 0.2) is 48.5 Å². The lowest BCUT2D eigenvalue weighted by Crippen LogP contribution is -2.26. The van der Waals surface area contributed by atoms with Crippen molar-refractivity contribution in [2.45, 2.75) is 0 Å². The van der Waals surface area contributed by atoms with Gasteiger partial charge in [-0.25, -0.2) is 0 Å². The molecule has 21 heavy (non-hydrogen) atoms. The highest BCUT2D eigenvalue weighted by Gasteiger charge is 2.16. The SMILES string of the molecule is CN(C(=O)c1cc2cccc(N)c2[nH]1)c1cccc(O)c1. The summed E-state index contributed by atoms with van der Waals surface area (Å²) in [6.45, 7) is 0.